The number of benzene rings is 1. The quantitative estimate of drug-likeness (QED) is 0.436. The van der Waals surface area contributed by atoms with Crippen LogP contribution in [0.1, 0.15) is 21.5 Å². The van der Waals surface area contributed by atoms with Crippen LogP contribution in [0.4, 0.5) is 10.8 Å². The normalized spacial score (nSPS) is 10.6. The molecule has 2 aromatic heterocycles. The van der Waals surface area contributed by atoms with Crippen molar-refractivity contribution in [2.45, 2.75) is 17.7 Å². The number of aromatic nitrogens is 2. The summed E-state index contributed by atoms with van der Waals surface area (Å²) in [6.07, 6.45) is 0.960. The molecule has 0 spiro atoms. The second kappa shape index (κ2) is 8.46. The van der Waals surface area contributed by atoms with Crippen LogP contribution < -0.4 is 10.1 Å². The summed E-state index contributed by atoms with van der Waals surface area (Å²) in [5.74, 6) is 1.31. The Morgan fingerprint density at radius 3 is 2.64 bits per heavy atom. The van der Waals surface area contributed by atoms with Gasteiger partial charge in [0.25, 0.3) is 0 Å². The van der Waals surface area contributed by atoms with Crippen molar-refractivity contribution in [1.29, 1.82) is 0 Å². The van der Waals surface area contributed by atoms with Crippen LogP contribution in [0, 0.1) is 0 Å². The minimum atomic E-state index is 0.134. The Hall–Kier alpha value is -1.90. The van der Waals surface area contributed by atoms with E-state index in [9.17, 15) is 4.79 Å². The number of ether oxygens (including phenoxy) is 1. The lowest BCUT2D eigenvalue weighted by atomic mass is 10.3. The highest BCUT2D eigenvalue weighted by atomic mass is 32.2. The van der Waals surface area contributed by atoms with E-state index in [0.717, 1.165) is 27.1 Å². The van der Waals surface area contributed by atoms with Crippen LogP contribution in [-0.2, 0) is 6.42 Å². The maximum Gasteiger partial charge on any atom is 0.210 e. The predicted molar refractivity (Wildman–Crippen MR) is 105 cm³/mol. The summed E-state index contributed by atoms with van der Waals surface area (Å²) in [7, 11) is 1.64. The minimum Gasteiger partial charge on any atom is -0.497 e. The fourth-order valence-corrected chi connectivity index (χ4v) is 4.66. The molecule has 0 radical (unpaired) electrons. The first kappa shape index (κ1) is 17.9. The lowest BCUT2D eigenvalue weighted by Crippen LogP contribution is -1.98. The number of nitrogens with one attached hydrogen (secondary N) is 1. The first-order valence-electron chi connectivity index (χ1n) is 7.67. The van der Waals surface area contributed by atoms with Gasteiger partial charge in [-0.2, -0.15) is 0 Å². The molecule has 0 amide bonds. The van der Waals surface area contributed by atoms with Crippen molar-refractivity contribution in [3.63, 3.8) is 0 Å². The fourth-order valence-electron chi connectivity index (χ4n) is 2.03. The van der Waals surface area contributed by atoms with E-state index >= 15 is 0 Å². The molecule has 2 heterocycles. The average Bonchev–Trinajstić information content (AvgIpc) is 3.29. The van der Waals surface area contributed by atoms with E-state index in [1.807, 2.05) is 36.4 Å². The molecule has 3 rings (SSSR count). The van der Waals surface area contributed by atoms with Gasteiger partial charge in [-0.05, 0) is 42.8 Å². The Morgan fingerprint density at radius 2 is 1.96 bits per heavy atom. The maximum atomic E-state index is 12.2. The molecule has 0 saturated heterocycles. The zero-order valence-corrected chi connectivity index (χ0v) is 16.3. The van der Waals surface area contributed by atoms with Gasteiger partial charge in [-0.25, -0.2) is 0 Å². The van der Waals surface area contributed by atoms with Gasteiger partial charge >= 0.3 is 0 Å². The van der Waals surface area contributed by atoms with Gasteiger partial charge < -0.3 is 10.1 Å². The number of hydrogen-bond acceptors (Lipinski definition) is 8. The number of nitrogens with zero attached hydrogens (tertiary/aromatic N) is 2. The lowest BCUT2D eigenvalue weighted by molar-refractivity contribution is 0.102. The summed E-state index contributed by atoms with van der Waals surface area (Å²) in [5, 5.41) is 12.1. The minimum absolute atomic E-state index is 0.134. The van der Waals surface area contributed by atoms with Gasteiger partial charge in [-0.15, -0.1) is 21.5 Å². The van der Waals surface area contributed by atoms with Gasteiger partial charge in [0.15, 0.2) is 10.1 Å². The molecule has 0 unspecified atom stereocenters. The topological polar surface area (TPSA) is 64.1 Å². The number of ketones is 1. The van der Waals surface area contributed by atoms with Crippen molar-refractivity contribution < 1.29 is 9.53 Å². The highest BCUT2D eigenvalue weighted by molar-refractivity contribution is 8.01. The molecule has 0 fully saturated rings. The molecule has 0 bridgehead atoms. The van der Waals surface area contributed by atoms with Gasteiger partial charge in [0.05, 0.1) is 17.7 Å². The summed E-state index contributed by atoms with van der Waals surface area (Å²) in [6, 6.07) is 11.5. The van der Waals surface area contributed by atoms with Crippen LogP contribution >= 0.6 is 34.4 Å². The first-order chi connectivity index (χ1) is 12.2. The third-order valence-corrected chi connectivity index (χ3v) is 6.60. The molecular weight excluding hydrogens is 374 g/mol. The van der Waals surface area contributed by atoms with E-state index in [2.05, 4.69) is 22.4 Å². The highest BCUT2D eigenvalue weighted by Gasteiger charge is 2.12. The number of carbonyl (C=O) groups excluding carboxylic acids is 1. The number of aryl methyl sites for hydroxylation is 1. The monoisotopic (exact) mass is 391 g/mol. The van der Waals surface area contributed by atoms with E-state index in [-0.39, 0.29) is 5.78 Å². The van der Waals surface area contributed by atoms with E-state index in [1.165, 1.54) is 28.0 Å². The number of methoxy groups -OCH3 is 1. The molecule has 5 nitrogen and oxygen atoms in total. The van der Waals surface area contributed by atoms with Gasteiger partial charge in [-0.3, -0.25) is 4.79 Å². The lowest BCUT2D eigenvalue weighted by Gasteiger charge is -2.03. The molecule has 1 aromatic carbocycles. The number of anilines is 2. The van der Waals surface area contributed by atoms with E-state index in [0.29, 0.717) is 10.9 Å². The van der Waals surface area contributed by atoms with Gasteiger partial charge in [0, 0.05) is 10.6 Å². The van der Waals surface area contributed by atoms with E-state index < -0.39 is 0 Å². The number of Topliss-reactive ketones (excluding diaryl/α,β-unsaturated/α-hetero) is 1. The van der Waals surface area contributed by atoms with Crippen molar-refractivity contribution in [1.82, 2.24) is 10.2 Å². The second-order valence-electron chi connectivity index (χ2n) is 5.06. The fraction of sp³-hybridized carbons (Fsp3) is 0.235. The Kier molecular flexibility index (Phi) is 6.06. The summed E-state index contributed by atoms with van der Waals surface area (Å²) >= 11 is 4.42. The summed E-state index contributed by atoms with van der Waals surface area (Å²) in [5.41, 5.74) is 0.912. The molecule has 25 heavy (non-hydrogen) atoms. The van der Waals surface area contributed by atoms with Gasteiger partial charge in [-0.1, -0.05) is 30.0 Å². The molecule has 0 aliphatic rings. The third kappa shape index (κ3) is 4.81. The Labute approximate surface area is 158 Å². The van der Waals surface area contributed by atoms with Crippen LogP contribution in [0.15, 0.2) is 40.7 Å². The number of thiophene rings is 1. The number of rotatable bonds is 8. The molecule has 0 atom stereocenters. The standard InChI is InChI=1S/C17H17N3O2S3/c1-3-13-8-9-15(24-13)14(21)10-23-17-20-19-16(25-17)18-11-4-6-12(22-2)7-5-11/h4-9H,3,10H2,1-2H3,(H,18,19). The molecule has 130 valence electrons. The SMILES string of the molecule is CCc1ccc(C(=O)CSc2nnc(Nc3ccc(OC)cc3)s2)s1. The Morgan fingerprint density at radius 1 is 1.16 bits per heavy atom. The highest BCUT2D eigenvalue weighted by Crippen LogP contribution is 2.29. The summed E-state index contributed by atoms with van der Waals surface area (Å²) < 4.78 is 5.91. The Balaban J connectivity index is 1.55. The number of hydrogen-bond donors (Lipinski definition) is 1. The largest absolute Gasteiger partial charge is 0.497 e. The average molecular weight is 392 g/mol. The van der Waals surface area contributed by atoms with Crippen LogP contribution in [0.2, 0.25) is 0 Å². The predicted octanol–water partition coefficient (Wildman–Crippen LogP) is 4.89. The van der Waals surface area contributed by atoms with Crippen LogP contribution in [0.25, 0.3) is 0 Å². The smallest absolute Gasteiger partial charge is 0.210 e. The summed E-state index contributed by atoms with van der Waals surface area (Å²) in [4.78, 5) is 14.3. The van der Waals surface area contributed by atoms with Gasteiger partial charge in [0.2, 0.25) is 5.13 Å². The van der Waals surface area contributed by atoms with E-state index in [1.54, 1.807) is 18.4 Å². The van der Waals surface area contributed by atoms with Crippen molar-refractivity contribution in [3.05, 3.63) is 46.2 Å². The van der Waals surface area contributed by atoms with Crippen molar-refractivity contribution in [2.24, 2.45) is 0 Å². The molecule has 0 saturated carbocycles. The molecule has 3 aromatic rings. The van der Waals surface area contributed by atoms with Crippen LogP contribution in [0.3, 0.4) is 0 Å². The zero-order valence-electron chi connectivity index (χ0n) is 13.8. The van der Waals surface area contributed by atoms with Crippen LogP contribution in [0.5, 0.6) is 5.75 Å². The Bertz CT molecular complexity index is 843. The molecule has 8 heteroatoms. The summed E-state index contributed by atoms with van der Waals surface area (Å²) in [6.45, 7) is 2.09. The van der Waals surface area contributed by atoms with Crippen molar-refractivity contribution >= 4 is 51.0 Å². The third-order valence-electron chi connectivity index (χ3n) is 3.36. The van der Waals surface area contributed by atoms with Crippen molar-refractivity contribution in [3.8, 4) is 5.75 Å². The van der Waals surface area contributed by atoms with E-state index in [4.69, 9.17) is 4.74 Å². The molecule has 1 N–H and O–H groups in total. The van der Waals surface area contributed by atoms with Gasteiger partial charge in [0.1, 0.15) is 5.75 Å². The number of carbonyl (C=O) groups is 1. The molecular formula is C17H17N3O2S3. The zero-order chi connectivity index (χ0) is 17.6. The number of thioether (sulfide) groups is 1. The molecule has 0 aliphatic carbocycles. The van der Waals surface area contributed by atoms with Crippen molar-refractivity contribution in [2.75, 3.05) is 18.2 Å². The molecule has 0 aliphatic heterocycles. The maximum absolute atomic E-state index is 12.2. The second-order valence-corrected chi connectivity index (χ2v) is 8.43. The van der Waals surface area contributed by atoms with Crippen LogP contribution in [-0.4, -0.2) is 28.8 Å². The first-order valence-corrected chi connectivity index (χ1v) is 10.3.